The highest BCUT2D eigenvalue weighted by Crippen LogP contribution is 2.20. The first-order valence-electron chi connectivity index (χ1n) is 8.86. The fourth-order valence-electron chi connectivity index (χ4n) is 3.42. The van der Waals surface area contributed by atoms with Gasteiger partial charge >= 0.3 is 0 Å². The van der Waals surface area contributed by atoms with Crippen molar-refractivity contribution < 1.29 is 9.53 Å². The zero-order valence-electron chi connectivity index (χ0n) is 14.2. The second-order valence-electron chi connectivity index (χ2n) is 6.62. The molecular weight excluding hydrogens is 322 g/mol. The van der Waals surface area contributed by atoms with Gasteiger partial charge in [0, 0.05) is 50.9 Å². The first kappa shape index (κ1) is 17.7. The predicted molar refractivity (Wildman–Crippen MR) is 97.0 cm³/mol. The third-order valence-corrected chi connectivity index (χ3v) is 5.70. The van der Waals surface area contributed by atoms with E-state index < -0.39 is 0 Å². The summed E-state index contributed by atoms with van der Waals surface area (Å²) >= 11 is 1.69. The molecular formula is C18H27N3O2S. The number of amides is 1. The minimum absolute atomic E-state index is 0.288. The van der Waals surface area contributed by atoms with E-state index in [4.69, 9.17) is 4.74 Å². The van der Waals surface area contributed by atoms with Gasteiger partial charge in [-0.25, -0.2) is 0 Å². The molecule has 0 saturated carbocycles. The highest BCUT2D eigenvalue weighted by atomic mass is 32.2. The van der Waals surface area contributed by atoms with E-state index in [1.807, 2.05) is 12.3 Å². The summed E-state index contributed by atoms with van der Waals surface area (Å²) in [4.78, 5) is 21.2. The van der Waals surface area contributed by atoms with Crippen molar-refractivity contribution in [1.29, 1.82) is 0 Å². The van der Waals surface area contributed by atoms with Gasteiger partial charge in [0.05, 0.1) is 19.0 Å². The number of rotatable bonds is 6. The Hall–Kier alpha value is -1.11. The van der Waals surface area contributed by atoms with Crippen LogP contribution in [0.1, 0.15) is 18.4 Å². The van der Waals surface area contributed by atoms with E-state index in [0.29, 0.717) is 11.7 Å². The molecule has 1 unspecified atom stereocenters. The standard InChI is InChI=1S/C18H27N3O2S/c22-18(15-24-14-16-3-1-5-19-11-16)21-6-2-4-17(13-21)12-20-7-9-23-10-8-20/h1,3,5,11,17H,2,4,6-10,12-15H2. The number of aromatic nitrogens is 1. The Morgan fingerprint density at radius 2 is 2.21 bits per heavy atom. The van der Waals surface area contributed by atoms with E-state index >= 15 is 0 Å². The molecule has 0 aromatic carbocycles. The lowest BCUT2D eigenvalue weighted by Gasteiger charge is -2.36. The molecule has 3 heterocycles. The molecule has 1 aromatic heterocycles. The number of thioether (sulfide) groups is 1. The summed E-state index contributed by atoms with van der Waals surface area (Å²) in [6, 6.07) is 4.00. The molecule has 2 saturated heterocycles. The van der Waals surface area contributed by atoms with Gasteiger partial charge in [-0.05, 0) is 30.4 Å². The summed E-state index contributed by atoms with van der Waals surface area (Å²) in [6.45, 7) is 6.71. The Balaban J connectivity index is 1.39. The molecule has 0 aliphatic carbocycles. The number of morpholine rings is 1. The van der Waals surface area contributed by atoms with Crippen LogP contribution in [-0.2, 0) is 15.3 Å². The van der Waals surface area contributed by atoms with Crippen molar-refractivity contribution in [2.24, 2.45) is 5.92 Å². The number of ether oxygens (including phenoxy) is 1. The van der Waals surface area contributed by atoms with Crippen molar-refractivity contribution in [1.82, 2.24) is 14.8 Å². The first-order valence-corrected chi connectivity index (χ1v) is 10.0. The van der Waals surface area contributed by atoms with E-state index in [1.54, 1.807) is 18.0 Å². The molecule has 0 radical (unpaired) electrons. The van der Waals surface area contributed by atoms with Crippen LogP contribution in [0.25, 0.3) is 0 Å². The van der Waals surface area contributed by atoms with E-state index in [1.165, 1.54) is 12.0 Å². The molecule has 6 heteroatoms. The predicted octanol–water partition coefficient (Wildman–Crippen LogP) is 1.89. The largest absolute Gasteiger partial charge is 0.379 e. The maximum atomic E-state index is 12.5. The van der Waals surface area contributed by atoms with Gasteiger partial charge in [-0.1, -0.05) is 6.07 Å². The Morgan fingerprint density at radius 3 is 3.00 bits per heavy atom. The number of pyridine rings is 1. The van der Waals surface area contributed by atoms with Crippen molar-refractivity contribution in [3.05, 3.63) is 30.1 Å². The fourth-order valence-corrected chi connectivity index (χ4v) is 4.29. The van der Waals surface area contributed by atoms with Crippen LogP contribution in [0, 0.1) is 5.92 Å². The normalized spacial score (nSPS) is 22.5. The molecule has 2 fully saturated rings. The first-order chi connectivity index (χ1) is 11.8. The maximum absolute atomic E-state index is 12.5. The molecule has 24 heavy (non-hydrogen) atoms. The topological polar surface area (TPSA) is 45.7 Å². The summed E-state index contributed by atoms with van der Waals surface area (Å²) < 4.78 is 5.42. The van der Waals surface area contributed by atoms with E-state index in [-0.39, 0.29) is 5.91 Å². The van der Waals surface area contributed by atoms with Crippen molar-refractivity contribution in [2.75, 3.05) is 51.7 Å². The smallest absolute Gasteiger partial charge is 0.232 e. The third kappa shape index (κ3) is 5.46. The van der Waals surface area contributed by atoms with Gasteiger partial charge in [0.25, 0.3) is 0 Å². The molecule has 1 amide bonds. The number of carbonyl (C=O) groups excluding carboxylic acids is 1. The number of likely N-dealkylation sites (tertiary alicyclic amines) is 1. The van der Waals surface area contributed by atoms with Crippen LogP contribution in [0.4, 0.5) is 0 Å². The van der Waals surface area contributed by atoms with Crippen LogP contribution in [0.3, 0.4) is 0 Å². The molecule has 3 rings (SSSR count). The molecule has 132 valence electrons. The van der Waals surface area contributed by atoms with Gasteiger partial charge in [-0.2, -0.15) is 0 Å². The minimum atomic E-state index is 0.288. The quantitative estimate of drug-likeness (QED) is 0.785. The lowest BCUT2D eigenvalue weighted by atomic mass is 9.97. The molecule has 0 N–H and O–H groups in total. The lowest BCUT2D eigenvalue weighted by molar-refractivity contribution is -0.130. The third-order valence-electron chi connectivity index (χ3n) is 4.71. The van der Waals surface area contributed by atoms with Crippen molar-refractivity contribution in [3.8, 4) is 0 Å². The maximum Gasteiger partial charge on any atom is 0.232 e. The number of carbonyl (C=O) groups is 1. The Morgan fingerprint density at radius 1 is 1.33 bits per heavy atom. The van der Waals surface area contributed by atoms with Crippen LogP contribution < -0.4 is 0 Å². The average Bonchev–Trinajstić information content (AvgIpc) is 2.64. The Kier molecular flexibility index (Phi) is 6.93. The Labute approximate surface area is 148 Å². The summed E-state index contributed by atoms with van der Waals surface area (Å²) in [6.07, 6.45) is 6.02. The number of piperidine rings is 1. The molecule has 0 bridgehead atoms. The van der Waals surface area contributed by atoms with E-state index in [2.05, 4.69) is 20.9 Å². The summed E-state index contributed by atoms with van der Waals surface area (Å²) in [5.41, 5.74) is 1.18. The minimum Gasteiger partial charge on any atom is -0.379 e. The molecule has 1 aromatic rings. The summed E-state index contributed by atoms with van der Waals surface area (Å²) in [5, 5.41) is 0. The molecule has 2 aliphatic heterocycles. The van der Waals surface area contributed by atoms with Gasteiger partial charge < -0.3 is 9.64 Å². The van der Waals surface area contributed by atoms with Crippen molar-refractivity contribution in [3.63, 3.8) is 0 Å². The van der Waals surface area contributed by atoms with Crippen molar-refractivity contribution in [2.45, 2.75) is 18.6 Å². The van der Waals surface area contributed by atoms with Gasteiger partial charge in [-0.15, -0.1) is 11.8 Å². The van der Waals surface area contributed by atoms with Gasteiger partial charge in [0.2, 0.25) is 5.91 Å². The second kappa shape index (κ2) is 9.39. The zero-order chi connectivity index (χ0) is 16.6. The molecule has 0 spiro atoms. The lowest BCUT2D eigenvalue weighted by Crippen LogP contribution is -2.46. The van der Waals surface area contributed by atoms with E-state index in [0.717, 1.165) is 58.1 Å². The molecule has 5 nitrogen and oxygen atoms in total. The fraction of sp³-hybridized carbons (Fsp3) is 0.667. The zero-order valence-corrected chi connectivity index (χ0v) is 15.0. The highest BCUT2D eigenvalue weighted by molar-refractivity contribution is 7.99. The van der Waals surface area contributed by atoms with Gasteiger partial charge in [-0.3, -0.25) is 14.7 Å². The van der Waals surface area contributed by atoms with Gasteiger partial charge in [0.1, 0.15) is 0 Å². The highest BCUT2D eigenvalue weighted by Gasteiger charge is 2.25. The summed E-state index contributed by atoms with van der Waals surface area (Å²) in [7, 11) is 0. The number of nitrogens with zero attached hydrogens (tertiary/aromatic N) is 3. The SMILES string of the molecule is O=C(CSCc1cccnc1)N1CCCC(CN2CCOCC2)C1. The summed E-state index contributed by atoms with van der Waals surface area (Å²) in [5.74, 6) is 2.32. The monoisotopic (exact) mass is 349 g/mol. The number of hydrogen-bond acceptors (Lipinski definition) is 5. The average molecular weight is 350 g/mol. The van der Waals surface area contributed by atoms with Gasteiger partial charge in [0.15, 0.2) is 0 Å². The van der Waals surface area contributed by atoms with Crippen LogP contribution >= 0.6 is 11.8 Å². The van der Waals surface area contributed by atoms with Crippen LogP contribution in [-0.4, -0.2) is 72.4 Å². The number of hydrogen-bond donors (Lipinski definition) is 0. The molecule has 1 atom stereocenters. The van der Waals surface area contributed by atoms with E-state index in [9.17, 15) is 4.79 Å². The molecule has 2 aliphatic rings. The second-order valence-corrected chi connectivity index (χ2v) is 7.60. The van der Waals surface area contributed by atoms with Crippen LogP contribution in [0.15, 0.2) is 24.5 Å². The van der Waals surface area contributed by atoms with Crippen LogP contribution in [0.5, 0.6) is 0 Å². The Bertz CT molecular complexity index is 508. The van der Waals surface area contributed by atoms with Crippen LogP contribution in [0.2, 0.25) is 0 Å². The van der Waals surface area contributed by atoms with Crippen molar-refractivity contribution >= 4 is 17.7 Å².